The van der Waals surface area contributed by atoms with Crippen LogP contribution in [0.2, 0.25) is 0 Å². The van der Waals surface area contributed by atoms with Gasteiger partial charge in [0, 0.05) is 50.1 Å². The summed E-state index contributed by atoms with van der Waals surface area (Å²) in [5.41, 5.74) is 6.78. The van der Waals surface area contributed by atoms with Gasteiger partial charge < -0.3 is 15.9 Å². The third kappa shape index (κ3) is 4.35. The van der Waals surface area contributed by atoms with Crippen molar-refractivity contribution in [3.05, 3.63) is 17.9 Å². The topological polar surface area (TPSA) is 84.6 Å². The van der Waals surface area contributed by atoms with Gasteiger partial charge in [-0.2, -0.15) is 0 Å². The van der Waals surface area contributed by atoms with E-state index in [4.69, 9.17) is 5.73 Å². The average Bonchev–Trinajstić information content (AvgIpc) is 2.66. The van der Waals surface area contributed by atoms with Crippen LogP contribution in [-0.2, 0) is 4.79 Å². The molecule has 1 rings (SSSR count). The molecule has 113 valence electrons. The number of allylic oxidation sites excluding steroid dienone is 1. The molecule has 1 fully saturated rings. The molecule has 20 heavy (non-hydrogen) atoms. The summed E-state index contributed by atoms with van der Waals surface area (Å²) in [5.74, 6) is 0.125. The van der Waals surface area contributed by atoms with Crippen molar-refractivity contribution in [3.63, 3.8) is 0 Å². The fourth-order valence-electron chi connectivity index (χ4n) is 2.91. The molecule has 0 aromatic rings. The minimum Gasteiger partial charge on any atom is -0.671 e. The summed E-state index contributed by atoms with van der Waals surface area (Å²) in [6, 6.07) is -1.35. The first-order valence-corrected chi connectivity index (χ1v) is 6.65. The zero-order valence-corrected chi connectivity index (χ0v) is 17.5. The van der Waals surface area contributed by atoms with Crippen molar-refractivity contribution in [2.45, 2.75) is 50.9 Å². The fourth-order valence-corrected chi connectivity index (χ4v) is 2.91. The molecule has 1 radical (unpaired) electrons. The summed E-state index contributed by atoms with van der Waals surface area (Å²) in [5, 5.41) is 19.3. The number of aliphatic hydroxyl groups excluding tert-OH is 1. The second-order valence-corrected chi connectivity index (χ2v) is 5.70. The second kappa shape index (κ2) is 8.36. The predicted molar refractivity (Wildman–Crippen MR) is 74.8 cm³/mol. The van der Waals surface area contributed by atoms with Gasteiger partial charge in [-0.15, -0.1) is 0 Å². The van der Waals surface area contributed by atoms with Crippen LogP contribution >= 0.6 is 0 Å². The molecule has 6 heteroatoms. The van der Waals surface area contributed by atoms with Gasteiger partial charge in [0.1, 0.15) is 5.78 Å². The molecule has 3 N–H and O–H groups in total. The number of hydrogen-bond acceptors (Lipinski definition) is 4. The molecule has 5 atom stereocenters. The smallest absolute Gasteiger partial charge is 0.146 e. The predicted octanol–water partition coefficient (Wildman–Crippen LogP) is 1.00. The van der Waals surface area contributed by atoms with Gasteiger partial charge in [-0.3, -0.25) is 9.69 Å². The van der Waals surface area contributed by atoms with Gasteiger partial charge in [0.2, 0.25) is 0 Å². The van der Waals surface area contributed by atoms with Crippen LogP contribution in [0.15, 0.2) is 12.2 Å². The summed E-state index contributed by atoms with van der Waals surface area (Å²) in [6.07, 6.45) is 4.56. The molecule has 1 aliphatic rings. The Bertz CT molecular complexity index is 360. The number of nitrogens with one attached hydrogen (secondary N) is 1. The Morgan fingerprint density at radius 3 is 2.55 bits per heavy atom. The normalized spacial score (nSPS) is 31.9. The van der Waals surface area contributed by atoms with Crippen LogP contribution in [0, 0.1) is 50.0 Å². The molecular weight excluding hydrogens is 471 g/mol. The number of carbonyl (C=O) groups is 1. The third-order valence-electron chi connectivity index (χ3n) is 4.14. The van der Waals surface area contributed by atoms with Gasteiger partial charge in [0.15, 0.2) is 0 Å². The van der Waals surface area contributed by atoms with Gasteiger partial charge in [-0.25, -0.2) is 0 Å². The molecule has 0 spiro atoms. The minimum absolute atomic E-state index is 0. The Kier molecular flexibility index (Phi) is 8.65. The maximum atomic E-state index is 11.7. The van der Waals surface area contributed by atoms with Crippen molar-refractivity contribution < 1.29 is 59.1 Å². The molecule has 0 amide bonds. The van der Waals surface area contributed by atoms with Crippen LogP contribution in [0.4, 0.5) is 0 Å². The molecule has 0 aromatic carbocycles. The van der Waals surface area contributed by atoms with E-state index in [1.165, 1.54) is 6.92 Å². The Morgan fingerprint density at radius 1 is 1.60 bits per heavy atom. The van der Waals surface area contributed by atoms with Gasteiger partial charge in [-0.05, 0) is 40.2 Å². The Hall–Kier alpha value is 0.692. The summed E-state index contributed by atoms with van der Waals surface area (Å²) in [4.78, 5) is 13.5. The van der Waals surface area contributed by atoms with Crippen LogP contribution in [0.1, 0.15) is 27.2 Å². The van der Waals surface area contributed by atoms with Gasteiger partial charge in [0.25, 0.3) is 0 Å². The molecule has 0 saturated carbocycles. The van der Waals surface area contributed by atoms with Crippen LogP contribution in [-0.4, -0.2) is 58.3 Å². The largest absolute Gasteiger partial charge is 0.671 e. The Labute approximate surface area is 157 Å². The summed E-state index contributed by atoms with van der Waals surface area (Å²) in [7, 11) is 1.81. The van der Waals surface area contributed by atoms with Crippen molar-refractivity contribution >= 4 is 5.78 Å². The second-order valence-electron chi connectivity index (χ2n) is 5.70. The van der Waals surface area contributed by atoms with Crippen molar-refractivity contribution in [3.8, 4) is 0 Å². The first-order chi connectivity index (χ1) is 8.76. The fraction of sp³-hybridized carbons (Fsp3) is 0.786. The first kappa shape index (κ1) is 20.7. The standard InChI is InChI=1S/C14H25N2O3.Ac/c1-5-6-10-7-11(9(2)18)16(4)12(10)13(15)14(3,19)8-17;/h5-6,10-13,15,17,19H,7-8H2,1-4H3;/q-1;/b6-5-;/t10-,11-,12-,13?,14?;/m1./s1. The van der Waals surface area contributed by atoms with Crippen molar-refractivity contribution in [1.29, 1.82) is 0 Å². The number of hydrogen-bond donors (Lipinski definition) is 2. The van der Waals surface area contributed by atoms with E-state index in [1.54, 1.807) is 6.92 Å². The van der Waals surface area contributed by atoms with Crippen LogP contribution in [0.3, 0.4) is 0 Å². The number of likely N-dealkylation sites (tertiary alicyclic amines) is 1. The number of carbonyl (C=O) groups excluding carboxylic acids is 1. The molecule has 1 aliphatic heterocycles. The van der Waals surface area contributed by atoms with Crippen molar-refractivity contribution in [2.75, 3.05) is 13.7 Å². The van der Waals surface area contributed by atoms with Crippen molar-refractivity contribution in [2.24, 2.45) is 5.92 Å². The van der Waals surface area contributed by atoms with Crippen molar-refractivity contribution in [1.82, 2.24) is 4.90 Å². The number of Topliss-reactive ketones (excluding diaryl/α,β-unsaturated/α-hetero) is 1. The van der Waals surface area contributed by atoms with E-state index in [9.17, 15) is 15.0 Å². The van der Waals surface area contributed by atoms with Gasteiger partial charge in [0.05, 0.1) is 18.2 Å². The van der Waals surface area contributed by atoms with E-state index in [1.807, 2.05) is 31.0 Å². The van der Waals surface area contributed by atoms with E-state index >= 15 is 0 Å². The Morgan fingerprint density at radius 2 is 2.15 bits per heavy atom. The molecule has 0 bridgehead atoms. The van der Waals surface area contributed by atoms with Crippen LogP contribution in [0.25, 0.3) is 5.73 Å². The number of nitrogens with zero attached hydrogens (tertiary/aromatic N) is 1. The number of rotatable bonds is 5. The molecule has 2 unspecified atom stereocenters. The number of ketones is 1. The van der Waals surface area contributed by atoms with E-state index in [-0.39, 0.29) is 67.8 Å². The molecular formula is C14H25AcN2O3-. The minimum atomic E-state index is -1.47. The summed E-state index contributed by atoms with van der Waals surface area (Å²) >= 11 is 0. The zero-order valence-electron chi connectivity index (χ0n) is 12.7. The summed E-state index contributed by atoms with van der Waals surface area (Å²) < 4.78 is 0. The number of likely N-dealkylation sites (N-methyl/N-ethyl adjacent to an activating group) is 1. The first-order valence-electron chi connectivity index (χ1n) is 6.65. The molecule has 1 heterocycles. The summed E-state index contributed by atoms with van der Waals surface area (Å²) in [6.45, 7) is 4.46. The van der Waals surface area contributed by atoms with E-state index in [0.717, 1.165) is 0 Å². The van der Waals surface area contributed by atoms with E-state index < -0.39 is 18.2 Å². The maximum Gasteiger partial charge on any atom is 0.146 e. The van der Waals surface area contributed by atoms with E-state index in [2.05, 4.69) is 0 Å². The third-order valence-corrected chi connectivity index (χ3v) is 4.14. The zero-order chi connectivity index (χ0) is 14.8. The van der Waals surface area contributed by atoms with Gasteiger partial charge >= 0.3 is 0 Å². The van der Waals surface area contributed by atoms with Crippen LogP contribution in [0.5, 0.6) is 0 Å². The molecule has 5 nitrogen and oxygen atoms in total. The average molecular weight is 496 g/mol. The number of aliphatic hydroxyl groups is 2. The van der Waals surface area contributed by atoms with E-state index in [0.29, 0.717) is 6.42 Å². The quantitative estimate of drug-likeness (QED) is 0.557. The molecule has 0 aromatic heterocycles. The molecule has 0 aliphatic carbocycles. The monoisotopic (exact) mass is 496 g/mol. The maximum absolute atomic E-state index is 11.7. The van der Waals surface area contributed by atoms with Crippen LogP contribution < -0.4 is 0 Å². The SMILES string of the molecule is C/C=C\[C@@H]1C[C@H](C(C)=O)N(C)[C@H]1C([NH-])C(C)(O)CO.[Ac]. The molecule has 1 saturated heterocycles. The Balaban J connectivity index is 0.00000361. The van der Waals surface area contributed by atoms with Gasteiger partial charge in [-0.1, -0.05) is 18.2 Å².